The number of anilines is 1. The number of hydrogen-bond acceptors (Lipinski definition) is 6. The number of nitrogens with one attached hydrogen (secondary N) is 1. The maximum atomic E-state index is 13.4. The summed E-state index contributed by atoms with van der Waals surface area (Å²) in [6, 6.07) is 4.65. The van der Waals surface area contributed by atoms with E-state index >= 15 is 0 Å². The second kappa shape index (κ2) is 6.17. The molecule has 2 aromatic heterocycles. The van der Waals surface area contributed by atoms with Gasteiger partial charge < -0.3 is 5.32 Å². The van der Waals surface area contributed by atoms with Gasteiger partial charge in [-0.1, -0.05) is 6.07 Å². The van der Waals surface area contributed by atoms with Crippen molar-refractivity contribution in [3.8, 4) is 5.82 Å². The summed E-state index contributed by atoms with van der Waals surface area (Å²) in [7, 11) is 0. The van der Waals surface area contributed by atoms with E-state index in [2.05, 4.69) is 20.3 Å². The summed E-state index contributed by atoms with van der Waals surface area (Å²) >= 11 is 0. The van der Waals surface area contributed by atoms with Crippen LogP contribution < -0.4 is 5.32 Å². The van der Waals surface area contributed by atoms with E-state index in [1.807, 2.05) is 0 Å². The van der Waals surface area contributed by atoms with E-state index in [1.165, 1.54) is 29.2 Å². The van der Waals surface area contributed by atoms with Gasteiger partial charge in [0.25, 0.3) is 0 Å². The molecule has 9 heteroatoms. The van der Waals surface area contributed by atoms with Gasteiger partial charge in [-0.05, 0) is 43.0 Å². The summed E-state index contributed by atoms with van der Waals surface area (Å²) in [6.45, 7) is 1.57. The molecule has 3 aromatic rings. The molecule has 0 aliphatic heterocycles. The molecule has 4 rings (SSSR count). The lowest BCUT2D eigenvalue weighted by Crippen LogP contribution is -2.13. The molecule has 0 fully saturated rings. The highest BCUT2D eigenvalue weighted by atomic mass is 19.1. The summed E-state index contributed by atoms with van der Waals surface area (Å²) in [5.74, 6) is 0.188. The lowest BCUT2D eigenvalue weighted by Gasteiger charge is -2.15. The van der Waals surface area contributed by atoms with E-state index < -0.39 is 4.92 Å². The van der Waals surface area contributed by atoms with Gasteiger partial charge in [0.15, 0.2) is 0 Å². The zero-order valence-corrected chi connectivity index (χ0v) is 13.9. The van der Waals surface area contributed by atoms with Gasteiger partial charge in [-0.3, -0.25) is 14.7 Å². The zero-order valence-electron chi connectivity index (χ0n) is 13.9. The van der Waals surface area contributed by atoms with Gasteiger partial charge in [-0.25, -0.2) is 14.4 Å². The Labute approximate surface area is 147 Å². The van der Waals surface area contributed by atoms with E-state index in [0.717, 1.165) is 24.0 Å². The van der Waals surface area contributed by atoms with Crippen LogP contribution in [0.3, 0.4) is 0 Å². The Hall–Kier alpha value is -3.36. The minimum absolute atomic E-state index is 0.0675. The molecule has 1 aromatic carbocycles. The Kier molecular flexibility index (Phi) is 3.83. The SMILES string of the molecule is Cc1nc(NC2CCc3cc(F)ccc32)nc(-n2ccnc2)c1[N+](=O)[O-]. The van der Waals surface area contributed by atoms with Gasteiger partial charge in [-0.15, -0.1) is 0 Å². The molecule has 26 heavy (non-hydrogen) atoms. The number of halogens is 1. The highest BCUT2D eigenvalue weighted by Gasteiger charge is 2.27. The number of aryl methyl sites for hydroxylation is 2. The van der Waals surface area contributed by atoms with Crippen LogP contribution in [0.1, 0.15) is 29.3 Å². The van der Waals surface area contributed by atoms with Crippen LogP contribution in [0, 0.1) is 22.9 Å². The molecule has 0 amide bonds. The van der Waals surface area contributed by atoms with Crippen LogP contribution in [-0.4, -0.2) is 24.4 Å². The van der Waals surface area contributed by atoms with Crippen molar-refractivity contribution < 1.29 is 9.31 Å². The average molecular weight is 354 g/mol. The Bertz CT molecular complexity index is 989. The van der Waals surface area contributed by atoms with Crippen molar-refractivity contribution in [2.75, 3.05) is 5.32 Å². The first-order valence-electron chi connectivity index (χ1n) is 8.09. The van der Waals surface area contributed by atoms with Crippen molar-refractivity contribution in [3.63, 3.8) is 0 Å². The second-order valence-electron chi connectivity index (χ2n) is 6.11. The summed E-state index contributed by atoms with van der Waals surface area (Å²) < 4.78 is 14.9. The molecule has 132 valence electrons. The molecule has 1 unspecified atom stereocenters. The third-order valence-electron chi connectivity index (χ3n) is 4.46. The number of aromatic nitrogens is 4. The van der Waals surface area contributed by atoms with Crippen LogP contribution in [0.25, 0.3) is 5.82 Å². The normalized spacial score (nSPS) is 15.7. The molecule has 0 saturated carbocycles. The fourth-order valence-electron chi connectivity index (χ4n) is 3.29. The van der Waals surface area contributed by atoms with E-state index in [4.69, 9.17) is 0 Å². The third kappa shape index (κ3) is 2.77. The average Bonchev–Trinajstić information content (AvgIpc) is 3.24. The molecule has 0 saturated heterocycles. The fraction of sp³-hybridized carbons (Fsp3) is 0.235. The highest BCUT2D eigenvalue weighted by molar-refractivity contribution is 5.54. The predicted octanol–water partition coefficient (Wildman–Crippen LogP) is 3.12. The van der Waals surface area contributed by atoms with Gasteiger partial charge in [0.05, 0.1) is 11.0 Å². The van der Waals surface area contributed by atoms with E-state index in [0.29, 0.717) is 5.95 Å². The number of fused-ring (bicyclic) bond motifs is 1. The standard InChI is InChI=1S/C17H15FN6O2/c1-10-15(24(25)26)16(23-7-6-19-9-23)22-17(20-10)21-14-5-2-11-8-12(18)3-4-13(11)14/h3-4,6-9,14H,2,5H2,1H3,(H,20,21,22). The maximum absolute atomic E-state index is 13.4. The molecular formula is C17H15FN6O2. The van der Waals surface area contributed by atoms with E-state index in [9.17, 15) is 14.5 Å². The summed E-state index contributed by atoms with van der Waals surface area (Å²) in [4.78, 5) is 23.4. The lowest BCUT2D eigenvalue weighted by molar-refractivity contribution is -0.385. The topological polar surface area (TPSA) is 98.8 Å². The molecule has 0 radical (unpaired) electrons. The van der Waals surface area contributed by atoms with Crippen LogP contribution in [0.2, 0.25) is 0 Å². The lowest BCUT2D eigenvalue weighted by atomic mass is 10.1. The van der Waals surface area contributed by atoms with Crippen molar-refractivity contribution >= 4 is 11.6 Å². The minimum Gasteiger partial charge on any atom is -0.347 e. The predicted molar refractivity (Wildman–Crippen MR) is 91.6 cm³/mol. The zero-order chi connectivity index (χ0) is 18.3. The number of hydrogen-bond donors (Lipinski definition) is 1. The molecule has 1 N–H and O–H groups in total. The molecule has 2 heterocycles. The van der Waals surface area contributed by atoms with Gasteiger partial charge in [0.2, 0.25) is 11.8 Å². The minimum atomic E-state index is -0.498. The van der Waals surface area contributed by atoms with Crippen LogP contribution in [0.4, 0.5) is 16.0 Å². The van der Waals surface area contributed by atoms with Gasteiger partial charge >= 0.3 is 5.69 Å². The summed E-state index contributed by atoms with van der Waals surface area (Å²) in [5.41, 5.74) is 2.04. The number of nitrogens with zero attached hydrogens (tertiary/aromatic N) is 5. The molecule has 1 aliphatic carbocycles. The summed E-state index contributed by atoms with van der Waals surface area (Å²) in [6.07, 6.45) is 6.10. The molecule has 0 spiro atoms. The Morgan fingerprint density at radius 1 is 1.38 bits per heavy atom. The Morgan fingerprint density at radius 3 is 2.96 bits per heavy atom. The number of imidazole rings is 1. The van der Waals surface area contributed by atoms with Crippen LogP contribution >= 0.6 is 0 Å². The largest absolute Gasteiger partial charge is 0.347 e. The Morgan fingerprint density at radius 2 is 2.23 bits per heavy atom. The van der Waals surface area contributed by atoms with Gasteiger partial charge in [0.1, 0.15) is 17.8 Å². The van der Waals surface area contributed by atoms with E-state index in [-0.39, 0.29) is 29.1 Å². The van der Waals surface area contributed by atoms with Gasteiger partial charge in [-0.2, -0.15) is 4.98 Å². The monoisotopic (exact) mass is 354 g/mol. The molecule has 1 aliphatic rings. The van der Waals surface area contributed by atoms with Crippen molar-refractivity contribution in [1.29, 1.82) is 0 Å². The van der Waals surface area contributed by atoms with E-state index in [1.54, 1.807) is 19.2 Å². The molecule has 0 bridgehead atoms. The summed E-state index contributed by atoms with van der Waals surface area (Å²) in [5, 5.41) is 14.6. The van der Waals surface area contributed by atoms with Crippen LogP contribution in [0.5, 0.6) is 0 Å². The molecule has 1 atom stereocenters. The number of nitro groups is 1. The third-order valence-corrected chi connectivity index (χ3v) is 4.46. The van der Waals surface area contributed by atoms with Crippen molar-refractivity contribution in [3.05, 3.63) is 69.7 Å². The van der Waals surface area contributed by atoms with Crippen LogP contribution in [-0.2, 0) is 6.42 Å². The Balaban J connectivity index is 1.72. The van der Waals surface area contributed by atoms with Gasteiger partial charge in [0, 0.05) is 12.4 Å². The van der Waals surface area contributed by atoms with Crippen molar-refractivity contribution in [2.24, 2.45) is 0 Å². The first-order valence-corrected chi connectivity index (χ1v) is 8.09. The quantitative estimate of drug-likeness (QED) is 0.571. The first kappa shape index (κ1) is 16.1. The molecular weight excluding hydrogens is 339 g/mol. The fourth-order valence-corrected chi connectivity index (χ4v) is 3.29. The highest BCUT2D eigenvalue weighted by Crippen LogP contribution is 2.34. The number of rotatable bonds is 4. The smallest absolute Gasteiger partial charge is 0.333 e. The van der Waals surface area contributed by atoms with Crippen LogP contribution in [0.15, 0.2) is 36.9 Å². The molecule has 8 nitrogen and oxygen atoms in total. The number of benzene rings is 1. The second-order valence-corrected chi connectivity index (χ2v) is 6.11. The maximum Gasteiger partial charge on any atom is 0.333 e. The van der Waals surface area contributed by atoms with Crippen molar-refractivity contribution in [2.45, 2.75) is 25.8 Å². The van der Waals surface area contributed by atoms with Crippen molar-refractivity contribution in [1.82, 2.24) is 19.5 Å². The first-order chi connectivity index (χ1) is 12.5.